The predicted molar refractivity (Wildman–Crippen MR) is 151 cm³/mol. The molecular formula is C29H30N8O2. The van der Waals surface area contributed by atoms with Crippen molar-refractivity contribution in [3.05, 3.63) is 69.4 Å². The van der Waals surface area contributed by atoms with E-state index in [4.69, 9.17) is 5.73 Å². The summed E-state index contributed by atoms with van der Waals surface area (Å²) in [6, 6.07) is 16.9. The van der Waals surface area contributed by atoms with Crippen molar-refractivity contribution < 1.29 is 4.92 Å². The van der Waals surface area contributed by atoms with Gasteiger partial charge in [0.2, 0.25) is 0 Å². The van der Waals surface area contributed by atoms with Gasteiger partial charge in [0, 0.05) is 43.5 Å². The van der Waals surface area contributed by atoms with E-state index < -0.39 is 0 Å². The second-order valence-electron chi connectivity index (χ2n) is 9.89. The van der Waals surface area contributed by atoms with Crippen LogP contribution in [0.2, 0.25) is 0 Å². The summed E-state index contributed by atoms with van der Waals surface area (Å²) in [5.74, 6) is 0.127. The lowest BCUT2D eigenvalue weighted by molar-refractivity contribution is -0.384. The van der Waals surface area contributed by atoms with Crippen molar-refractivity contribution in [2.75, 3.05) is 41.7 Å². The minimum absolute atomic E-state index is 0.0102. The Hall–Kier alpha value is -4.83. The molecule has 0 spiro atoms. The van der Waals surface area contributed by atoms with E-state index in [1.807, 2.05) is 24.3 Å². The Morgan fingerprint density at radius 3 is 2.13 bits per heavy atom. The van der Waals surface area contributed by atoms with Crippen LogP contribution in [0.25, 0.3) is 17.3 Å². The number of para-hydroxylation sites is 1. The largest absolute Gasteiger partial charge is 0.382 e. The third kappa shape index (κ3) is 5.14. The lowest BCUT2D eigenvalue weighted by Gasteiger charge is -2.33. The van der Waals surface area contributed by atoms with Crippen molar-refractivity contribution in [2.24, 2.45) is 0 Å². The summed E-state index contributed by atoms with van der Waals surface area (Å²) in [6.45, 7) is 3.22. The zero-order chi connectivity index (χ0) is 27.4. The van der Waals surface area contributed by atoms with Crippen LogP contribution < -0.4 is 15.5 Å². The molecule has 0 atom stereocenters. The van der Waals surface area contributed by atoms with Gasteiger partial charge in [-0.05, 0) is 62.8 Å². The standard InChI is InChI=1S/C29H30N8O2/c30-19-22(28-24(20-31)29(32)36(33-28)23-10-4-1-5-11-23)16-21-17-27(37(38)39)26(35-14-8-3-9-15-35)18-25(21)34-12-6-2-7-13-34/h1,4-5,10-11,16-18H,2-3,6-9,12-15,32H2. The Balaban J connectivity index is 1.68. The maximum absolute atomic E-state index is 12.2. The van der Waals surface area contributed by atoms with Gasteiger partial charge in [0.05, 0.1) is 16.2 Å². The molecule has 3 aromatic rings. The maximum Gasteiger partial charge on any atom is 0.293 e. The number of benzene rings is 2. The number of hydrogen-bond donors (Lipinski definition) is 1. The fourth-order valence-corrected chi connectivity index (χ4v) is 5.45. The van der Waals surface area contributed by atoms with Crippen LogP contribution in [0.3, 0.4) is 0 Å². The van der Waals surface area contributed by atoms with Gasteiger partial charge < -0.3 is 15.5 Å². The fourth-order valence-electron chi connectivity index (χ4n) is 5.45. The molecule has 10 nitrogen and oxygen atoms in total. The second kappa shape index (κ2) is 11.3. The first-order chi connectivity index (χ1) is 19.0. The number of nitro groups is 1. The van der Waals surface area contributed by atoms with Gasteiger partial charge in [-0.25, -0.2) is 4.68 Å². The molecule has 39 heavy (non-hydrogen) atoms. The molecule has 0 saturated carbocycles. The van der Waals surface area contributed by atoms with Crippen LogP contribution in [0.1, 0.15) is 55.3 Å². The number of nitro benzene ring substituents is 1. The number of nitrogens with two attached hydrogens (primary N) is 1. The third-order valence-corrected chi connectivity index (χ3v) is 7.42. The first kappa shape index (κ1) is 25.8. The van der Waals surface area contributed by atoms with Gasteiger partial charge in [0.1, 0.15) is 34.9 Å². The van der Waals surface area contributed by atoms with E-state index in [0.29, 0.717) is 16.9 Å². The highest BCUT2D eigenvalue weighted by Crippen LogP contribution is 2.40. The molecule has 198 valence electrons. The number of nitrogen functional groups attached to an aromatic ring is 1. The average Bonchev–Trinajstić information content (AvgIpc) is 3.32. The van der Waals surface area contributed by atoms with Crippen molar-refractivity contribution in [2.45, 2.75) is 38.5 Å². The van der Waals surface area contributed by atoms with Crippen molar-refractivity contribution in [1.29, 1.82) is 10.5 Å². The van der Waals surface area contributed by atoms with Crippen molar-refractivity contribution >= 4 is 34.5 Å². The third-order valence-electron chi connectivity index (χ3n) is 7.42. The van der Waals surface area contributed by atoms with E-state index >= 15 is 0 Å². The molecule has 2 aromatic carbocycles. The summed E-state index contributed by atoms with van der Waals surface area (Å²) in [6.07, 6.45) is 7.92. The van der Waals surface area contributed by atoms with E-state index in [-0.39, 0.29) is 33.3 Å². The van der Waals surface area contributed by atoms with Crippen LogP contribution in [-0.2, 0) is 0 Å². The quantitative estimate of drug-likeness (QED) is 0.262. The van der Waals surface area contributed by atoms with E-state index in [2.05, 4.69) is 27.0 Å². The molecule has 3 heterocycles. The predicted octanol–water partition coefficient (Wildman–Crippen LogP) is 5.28. The molecule has 0 unspecified atom stereocenters. The molecule has 2 aliphatic heterocycles. The van der Waals surface area contributed by atoms with Crippen LogP contribution in [0, 0.1) is 32.8 Å². The number of anilines is 3. The van der Waals surface area contributed by atoms with Crippen LogP contribution >= 0.6 is 0 Å². The molecule has 2 N–H and O–H groups in total. The van der Waals surface area contributed by atoms with E-state index in [1.165, 1.54) is 4.68 Å². The summed E-state index contributed by atoms with van der Waals surface area (Å²) in [4.78, 5) is 16.2. The lowest BCUT2D eigenvalue weighted by atomic mass is 10.00. The summed E-state index contributed by atoms with van der Waals surface area (Å²) in [5.41, 5.74) is 9.32. The van der Waals surface area contributed by atoms with Gasteiger partial charge in [-0.15, -0.1) is 0 Å². The number of piperidine rings is 2. The van der Waals surface area contributed by atoms with Gasteiger partial charge in [-0.3, -0.25) is 10.1 Å². The van der Waals surface area contributed by atoms with Crippen molar-refractivity contribution in [3.63, 3.8) is 0 Å². The highest BCUT2D eigenvalue weighted by atomic mass is 16.6. The number of nitrogens with zero attached hydrogens (tertiary/aromatic N) is 7. The Morgan fingerprint density at radius 2 is 1.56 bits per heavy atom. The molecule has 10 heteroatoms. The van der Waals surface area contributed by atoms with Crippen LogP contribution in [0.15, 0.2) is 42.5 Å². The summed E-state index contributed by atoms with van der Waals surface area (Å²) in [7, 11) is 0. The second-order valence-corrected chi connectivity index (χ2v) is 9.89. The zero-order valence-electron chi connectivity index (χ0n) is 21.7. The van der Waals surface area contributed by atoms with Gasteiger partial charge in [-0.2, -0.15) is 15.6 Å². The van der Waals surface area contributed by atoms with Gasteiger partial charge in [0.15, 0.2) is 0 Å². The SMILES string of the molecule is N#CC(=Cc1cc([N+](=O)[O-])c(N2CCCCC2)cc1N1CCCCC1)c1nn(-c2ccccc2)c(N)c1C#N. The molecule has 2 aliphatic rings. The summed E-state index contributed by atoms with van der Waals surface area (Å²) < 4.78 is 1.44. The Labute approximate surface area is 227 Å². The first-order valence-corrected chi connectivity index (χ1v) is 13.3. The highest BCUT2D eigenvalue weighted by molar-refractivity contribution is 5.95. The summed E-state index contributed by atoms with van der Waals surface area (Å²) >= 11 is 0. The fraction of sp³-hybridized carbons (Fsp3) is 0.345. The smallest absolute Gasteiger partial charge is 0.293 e. The molecular weight excluding hydrogens is 492 g/mol. The Morgan fingerprint density at radius 1 is 0.949 bits per heavy atom. The maximum atomic E-state index is 12.2. The molecule has 2 saturated heterocycles. The molecule has 0 amide bonds. The minimum Gasteiger partial charge on any atom is -0.382 e. The number of hydrogen-bond acceptors (Lipinski definition) is 8. The van der Waals surface area contributed by atoms with E-state index in [0.717, 1.165) is 70.4 Å². The average molecular weight is 523 g/mol. The number of rotatable bonds is 6. The Bertz CT molecular complexity index is 1480. The molecule has 2 fully saturated rings. The van der Waals surface area contributed by atoms with Crippen LogP contribution in [0.5, 0.6) is 0 Å². The lowest BCUT2D eigenvalue weighted by Crippen LogP contribution is -2.32. The topological polar surface area (TPSA) is 141 Å². The van der Waals surface area contributed by atoms with Crippen LogP contribution in [0.4, 0.5) is 22.9 Å². The van der Waals surface area contributed by atoms with Crippen molar-refractivity contribution in [1.82, 2.24) is 9.78 Å². The molecule has 0 bridgehead atoms. The van der Waals surface area contributed by atoms with Gasteiger partial charge in [-0.1, -0.05) is 18.2 Å². The van der Waals surface area contributed by atoms with Crippen LogP contribution in [-0.4, -0.2) is 40.9 Å². The minimum atomic E-state index is -0.351. The first-order valence-electron chi connectivity index (χ1n) is 13.3. The number of aromatic nitrogens is 2. The van der Waals surface area contributed by atoms with E-state index in [9.17, 15) is 20.6 Å². The zero-order valence-corrected chi connectivity index (χ0v) is 21.7. The van der Waals surface area contributed by atoms with Gasteiger partial charge >= 0.3 is 0 Å². The summed E-state index contributed by atoms with van der Waals surface area (Å²) in [5, 5.41) is 36.9. The number of allylic oxidation sites excluding steroid dienone is 1. The Kier molecular flexibility index (Phi) is 7.46. The molecule has 1 aromatic heterocycles. The molecule has 0 radical (unpaired) electrons. The molecule has 5 rings (SSSR count). The normalized spacial score (nSPS) is 16.0. The van der Waals surface area contributed by atoms with Crippen molar-refractivity contribution in [3.8, 4) is 17.8 Å². The monoisotopic (exact) mass is 522 g/mol. The molecule has 0 aliphatic carbocycles. The van der Waals surface area contributed by atoms with E-state index in [1.54, 1.807) is 24.3 Å². The highest BCUT2D eigenvalue weighted by Gasteiger charge is 2.27. The number of nitriles is 2. The van der Waals surface area contributed by atoms with Gasteiger partial charge in [0.25, 0.3) is 5.69 Å².